The van der Waals surface area contributed by atoms with Crippen molar-refractivity contribution >= 4 is 9.84 Å². The summed E-state index contributed by atoms with van der Waals surface area (Å²) in [4.78, 5) is 0.214. The maximum absolute atomic E-state index is 12.0. The van der Waals surface area contributed by atoms with Gasteiger partial charge in [0.1, 0.15) is 0 Å². The van der Waals surface area contributed by atoms with Crippen LogP contribution in [0.15, 0.2) is 77.0 Å². The largest absolute Gasteiger partial charge is 0.384 e. The molecule has 0 radical (unpaired) electrons. The van der Waals surface area contributed by atoms with Gasteiger partial charge in [-0.3, -0.25) is 0 Å². The average molecular weight is 274 g/mol. The Hall–Kier alpha value is -1.91. The van der Waals surface area contributed by atoms with Crippen molar-refractivity contribution < 1.29 is 13.5 Å². The summed E-state index contributed by atoms with van der Waals surface area (Å²) in [5.74, 6) is 0. The molecule has 98 valence electrons. The molecule has 0 spiro atoms. The van der Waals surface area contributed by atoms with Crippen molar-refractivity contribution in [3.8, 4) is 0 Å². The van der Waals surface area contributed by atoms with Crippen LogP contribution in [0.4, 0.5) is 0 Å². The number of rotatable bonds is 4. The zero-order valence-electron chi connectivity index (χ0n) is 10.2. The molecule has 0 saturated heterocycles. The Morgan fingerprint density at radius 1 is 0.895 bits per heavy atom. The van der Waals surface area contributed by atoms with Gasteiger partial charge in [-0.25, -0.2) is 8.42 Å². The summed E-state index contributed by atoms with van der Waals surface area (Å²) in [7, 11) is -3.50. The molecule has 0 aromatic heterocycles. The van der Waals surface area contributed by atoms with Gasteiger partial charge in [0, 0.05) is 5.41 Å². The predicted octanol–water partition coefficient (Wildman–Crippen LogP) is 2.71. The highest BCUT2D eigenvalue weighted by Crippen LogP contribution is 2.17. The first-order valence-electron chi connectivity index (χ1n) is 5.81. The molecule has 0 aliphatic carbocycles. The van der Waals surface area contributed by atoms with Crippen molar-refractivity contribution in [2.24, 2.45) is 0 Å². The minimum Gasteiger partial charge on any atom is -0.384 e. The molecule has 0 heterocycles. The van der Waals surface area contributed by atoms with Gasteiger partial charge in [-0.1, -0.05) is 48.5 Å². The van der Waals surface area contributed by atoms with Gasteiger partial charge >= 0.3 is 0 Å². The molecule has 4 heteroatoms. The van der Waals surface area contributed by atoms with E-state index in [1.165, 1.54) is 18.2 Å². The van der Waals surface area contributed by atoms with E-state index in [0.717, 1.165) is 5.41 Å². The van der Waals surface area contributed by atoms with E-state index < -0.39 is 15.9 Å². The Morgan fingerprint density at radius 3 is 2.00 bits per heavy atom. The summed E-state index contributed by atoms with van der Waals surface area (Å²) in [5, 5.41) is 10.9. The SMILES string of the molecule is O=S(=O)(/C=C/C(O)c1ccccc1)c1ccccc1. The van der Waals surface area contributed by atoms with E-state index in [1.54, 1.807) is 42.5 Å². The molecule has 0 amide bonds. The van der Waals surface area contributed by atoms with Crippen LogP contribution >= 0.6 is 0 Å². The molecule has 0 aliphatic rings. The van der Waals surface area contributed by atoms with Crippen LogP contribution in [0.25, 0.3) is 0 Å². The second-order valence-corrected chi connectivity index (χ2v) is 5.88. The number of aliphatic hydroxyl groups is 1. The molecule has 1 unspecified atom stereocenters. The van der Waals surface area contributed by atoms with Crippen molar-refractivity contribution in [3.63, 3.8) is 0 Å². The topological polar surface area (TPSA) is 54.4 Å². The lowest BCUT2D eigenvalue weighted by Crippen LogP contribution is -1.98. The lowest BCUT2D eigenvalue weighted by Gasteiger charge is -2.05. The van der Waals surface area contributed by atoms with Gasteiger partial charge in [0.15, 0.2) is 9.84 Å². The van der Waals surface area contributed by atoms with E-state index in [0.29, 0.717) is 5.56 Å². The van der Waals surface area contributed by atoms with Gasteiger partial charge in [-0.2, -0.15) is 0 Å². The Labute approximate surface area is 112 Å². The molecule has 2 rings (SSSR count). The third-order valence-corrected chi connectivity index (χ3v) is 4.10. The second kappa shape index (κ2) is 5.82. The smallest absolute Gasteiger partial charge is 0.199 e. The Balaban J connectivity index is 2.19. The first-order valence-corrected chi connectivity index (χ1v) is 7.35. The first-order chi connectivity index (χ1) is 9.09. The lowest BCUT2D eigenvalue weighted by atomic mass is 10.1. The molecule has 3 nitrogen and oxygen atoms in total. The highest BCUT2D eigenvalue weighted by molar-refractivity contribution is 7.94. The molecule has 0 saturated carbocycles. The minimum atomic E-state index is -3.50. The van der Waals surface area contributed by atoms with Gasteiger partial charge < -0.3 is 5.11 Å². The highest BCUT2D eigenvalue weighted by atomic mass is 32.2. The Kier molecular flexibility index (Phi) is 4.14. The van der Waals surface area contributed by atoms with Gasteiger partial charge in [0.2, 0.25) is 0 Å². The van der Waals surface area contributed by atoms with E-state index in [2.05, 4.69) is 0 Å². The summed E-state index contributed by atoms with van der Waals surface area (Å²) in [6.45, 7) is 0. The molecule has 2 aromatic rings. The van der Waals surface area contributed by atoms with E-state index in [-0.39, 0.29) is 4.90 Å². The summed E-state index contributed by atoms with van der Waals surface area (Å²) in [6, 6.07) is 17.0. The van der Waals surface area contributed by atoms with E-state index >= 15 is 0 Å². The van der Waals surface area contributed by atoms with Gasteiger partial charge in [-0.05, 0) is 23.8 Å². The fourth-order valence-corrected chi connectivity index (χ4v) is 2.68. The Bertz CT molecular complexity index is 646. The third-order valence-electron chi connectivity index (χ3n) is 2.65. The van der Waals surface area contributed by atoms with Crippen LogP contribution in [0.1, 0.15) is 11.7 Å². The second-order valence-electron chi connectivity index (χ2n) is 4.04. The lowest BCUT2D eigenvalue weighted by molar-refractivity contribution is 0.229. The van der Waals surface area contributed by atoms with Crippen molar-refractivity contribution in [1.29, 1.82) is 0 Å². The molecule has 2 aromatic carbocycles. The zero-order valence-corrected chi connectivity index (χ0v) is 11.0. The number of aliphatic hydroxyl groups excluding tert-OH is 1. The average Bonchev–Trinajstić information content (AvgIpc) is 2.47. The predicted molar refractivity (Wildman–Crippen MR) is 74.2 cm³/mol. The summed E-state index contributed by atoms with van der Waals surface area (Å²) < 4.78 is 23.9. The van der Waals surface area contributed by atoms with Crippen molar-refractivity contribution in [1.82, 2.24) is 0 Å². The molecule has 1 atom stereocenters. The van der Waals surface area contributed by atoms with E-state index in [1.807, 2.05) is 6.07 Å². The number of hydrogen-bond donors (Lipinski definition) is 1. The molecule has 1 N–H and O–H groups in total. The summed E-state index contributed by atoms with van der Waals surface area (Å²) in [6.07, 6.45) is 0.345. The van der Waals surface area contributed by atoms with Gasteiger partial charge in [0.25, 0.3) is 0 Å². The van der Waals surface area contributed by atoms with Crippen LogP contribution in [-0.2, 0) is 9.84 Å². The standard InChI is InChI=1S/C15H14O3S/c16-15(13-7-3-1-4-8-13)11-12-19(17,18)14-9-5-2-6-10-14/h1-12,15-16H/b12-11+. The van der Waals surface area contributed by atoms with Crippen LogP contribution in [0, 0.1) is 0 Å². The van der Waals surface area contributed by atoms with Crippen molar-refractivity contribution in [2.45, 2.75) is 11.0 Å². The molecule has 0 aliphatic heterocycles. The monoisotopic (exact) mass is 274 g/mol. The molecular weight excluding hydrogens is 260 g/mol. The fraction of sp³-hybridized carbons (Fsp3) is 0.0667. The van der Waals surface area contributed by atoms with Crippen LogP contribution in [0.3, 0.4) is 0 Å². The molecular formula is C15H14O3S. The van der Waals surface area contributed by atoms with E-state index in [9.17, 15) is 13.5 Å². The number of hydrogen-bond acceptors (Lipinski definition) is 3. The van der Waals surface area contributed by atoms with Crippen LogP contribution in [-0.4, -0.2) is 13.5 Å². The van der Waals surface area contributed by atoms with Gasteiger partial charge in [0.05, 0.1) is 11.0 Å². The number of benzene rings is 2. The number of sulfone groups is 1. The quantitative estimate of drug-likeness (QED) is 0.932. The van der Waals surface area contributed by atoms with Crippen molar-refractivity contribution in [2.75, 3.05) is 0 Å². The van der Waals surface area contributed by atoms with Crippen LogP contribution < -0.4 is 0 Å². The molecule has 19 heavy (non-hydrogen) atoms. The normalized spacial score (nSPS) is 13.5. The maximum Gasteiger partial charge on any atom is 0.199 e. The molecule has 0 bridgehead atoms. The Morgan fingerprint density at radius 2 is 1.42 bits per heavy atom. The summed E-state index contributed by atoms with van der Waals surface area (Å²) >= 11 is 0. The minimum absolute atomic E-state index is 0.214. The molecule has 0 fully saturated rings. The third kappa shape index (κ3) is 3.53. The summed E-state index contributed by atoms with van der Waals surface area (Å²) in [5.41, 5.74) is 0.655. The fourth-order valence-electron chi connectivity index (χ4n) is 1.63. The zero-order chi connectivity index (χ0) is 13.7. The maximum atomic E-state index is 12.0. The van der Waals surface area contributed by atoms with E-state index in [4.69, 9.17) is 0 Å². The van der Waals surface area contributed by atoms with Crippen molar-refractivity contribution in [3.05, 3.63) is 77.7 Å². The van der Waals surface area contributed by atoms with Crippen LogP contribution in [0.2, 0.25) is 0 Å². The first kappa shape index (κ1) is 13.5. The highest BCUT2D eigenvalue weighted by Gasteiger charge is 2.10. The van der Waals surface area contributed by atoms with Gasteiger partial charge in [-0.15, -0.1) is 0 Å². The van der Waals surface area contributed by atoms with Crippen LogP contribution in [0.5, 0.6) is 0 Å².